The van der Waals surface area contributed by atoms with Crippen molar-refractivity contribution < 1.29 is 9.90 Å². The van der Waals surface area contributed by atoms with Gasteiger partial charge in [-0.1, -0.05) is 36.8 Å². The van der Waals surface area contributed by atoms with Crippen LogP contribution in [-0.2, 0) is 4.79 Å². The molecular formula is C12H17NO2. The number of unbranched alkanes of at least 4 members (excludes halogenated alkanes) is 1. The second-order valence-corrected chi connectivity index (χ2v) is 3.59. The highest BCUT2D eigenvalue weighted by Crippen LogP contribution is 2.21. The molecule has 0 fully saturated rings. The Labute approximate surface area is 89.9 Å². The molecule has 0 aliphatic rings. The van der Waals surface area contributed by atoms with E-state index in [1.165, 1.54) is 0 Å². The predicted octanol–water partition coefficient (Wildman–Crippen LogP) is 1.98. The third-order valence-electron chi connectivity index (χ3n) is 2.45. The zero-order chi connectivity index (χ0) is 11.1. The first-order valence-corrected chi connectivity index (χ1v) is 5.23. The van der Waals surface area contributed by atoms with E-state index in [9.17, 15) is 4.79 Å². The Bertz CT molecular complexity index is 298. The lowest BCUT2D eigenvalue weighted by Crippen LogP contribution is -2.12. The number of hydrogen-bond acceptors (Lipinski definition) is 2. The SMILES string of the molecule is NCCCCC(C(=O)O)c1ccccc1. The summed E-state index contributed by atoms with van der Waals surface area (Å²) in [5.41, 5.74) is 6.26. The molecule has 0 aliphatic carbocycles. The van der Waals surface area contributed by atoms with Crippen LogP contribution in [0.2, 0.25) is 0 Å². The lowest BCUT2D eigenvalue weighted by molar-refractivity contribution is -0.139. The molecule has 3 heteroatoms. The first-order chi connectivity index (χ1) is 7.25. The number of carboxylic acid groups (broad SMARTS) is 1. The van der Waals surface area contributed by atoms with Crippen LogP contribution in [0.4, 0.5) is 0 Å². The smallest absolute Gasteiger partial charge is 0.310 e. The third kappa shape index (κ3) is 3.72. The zero-order valence-corrected chi connectivity index (χ0v) is 8.73. The summed E-state index contributed by atoms with van der Waals surface area (Å²) >= 11 is 0. The molecule has 1 rings (SSSR count). The average molecular weight is 207 g/mol. The second kappa shape index (κ2) is 6.19. The lowest BCUT2D eigenvalue weighted by atomic mass is 9.94. The van der Waals surface area contributed by atoms with Gasteiger partial charge in [0.15, 0.2) is 0 Å². The van der Waals surface area contributed by atoms with Crippen LogP contribution in [0.5, 0.6) is 0 Å². The van der Waals surface area contributed by atoms with Gasteiger partial charge in [0.05, 0.1) is 5.92 Å². The minimum Gasteiger partial charge on any atom is -0.481 e. The standard InChI is InChI=1S/C12H17NO2/c13-9-5-4-8-11(12(14)15)10-6-2-1-3-7-10/h1-3,6-7,11H,4-5,8-9,13H2,(H,14,15). The van der Waals surface area contributed by atoms with Crippen LogP contribution < -0.4 is 5.73 Å². The second-order valence-electron chi connectivity index (χ2n) is 3.59. The van der Waals surface area contributed by atoms with Crippen molar-refractivity contribution in [2.24, 2.45) is 5.73 Å². The molecule has 1 unspecified atom stereocenters. The van der Waals surface area contributed by atoms with Gasteiger partial charge in [0, 0.05) is 0 Å². The van der Waals surface area contributed by atoms with Gasteiger partial charge in [-0.15, -0.1) is 0 Å². The Hall–Kier alpha value is -1.35. The van der Waals surface area contributed by atoms with Gasteiger partial charge < -0.3 is 10.8 Å². The van der Waals surface area contributed by atoms with Crippen molar-refractivity contribution in [2.45, 2.75) is 25.2 Å². The number of hydrogen-bond donors (Lipinski definition) is 2. The number of benzene rings is 1. The molecule has 3 N–H and O–H groups in total. The molecule has 0 spiro atoms. The summed E-state index contributed by atoms with van der Waals surface area (Å²) in [7, 11) is 0. The molecule has 3 nitrogen and oxygen atoms in total. The summed E-state index contributed by atoms with van der Waals surface area (Å²) in [6, 6.07) is 9.35. The van der Waals surface area contributed by atoms with Crippen molar-refractivity contribution in [2.75, 3.05) is 6.54 Å². The molecule has 0 saturated carbocycles. The van der Waals surface area contributed by atoms with Crippen LogP contribution in [0.15, 0.2) is 30.3 Å². The molecule has 0 amide bonds. The topological polar surface area (TPSA) is 63.3 Å². The molecule has 0 radical (unpaired) electrons. The summed E-state index contributed by atoms with van der Waals surface area (Å²) < 4.78 is 0. The maximum absolute atomic E-state index is 11.1. The van der Waals surface area contributed by atoms with Gasteiger partial charge >= 0.3 is 5.97 Å². The maximum atomic E-state index is 11.1. The van der Waals surface area contributed by atoms with E-state index < -0.39 is 11.9 Å². The Morgan fingerprint density at radius 2 is 1.93 bits per heavy atom. The van der Waals surface area contributed by atoms with E-state index in [1.807, 2.05) is 30.3 Å². The Morgan fingerprint density at radius 1 is 1.27 bits per heavy atom. The highest BCUT2D eigenvalue weighted by atomic mass is 16.4. The van der Waals surface area contributed by atoms with Crippen molar-refractivity contribution in [3.63, 3.8) is 0 Å². The number of rotatable bonds is 6. The highest BCUT2D eigenvalue weighted by Gasteiger charge is 2.18. The zero-order valence-electron chi connectivity index (χ0n) is 8.73. The van der Waals surface area contributed by atoms with Gasteiger partial charge in [-0.3, -0.25) is 4.79 Å². The lowest BCUT2D eigenvalue weighted by Gasteiger charge is -2.11. The number of aliphatic carboxylic acids is 1. The fourth-order valence-corrected chi connectivity index (χ4v) is 1.61. The predicted molar refractivity (Wildman–Crippen MR) is 59.7 cm³/mol. The van der Waals surface area contributed by atoms with Crippen LogP contribution in [0.25, 0.3) is 0 Å². The van der Waals surface area contributed by atoms with Crippen molar-refractivity contribution in [1.82, 2.24) is 0 Å². The van der Waals surface area contributed by atoms with Crippen LogP contribution in [0.1, 0.15) is 30.7 Å². The van der Waals surface area contributed by atoms with E-state index in [1.54, 1.807) is 0 Å². The van der Waals surface area contributed by atoms with Gasteiger partial charge in [0.1, 0.15) is 0 Å². The molecule has 0 aliphatic heterocycles. The van der Waals surface area contributed by atoms with Crippen LogP contribution in [0.3, 0.4) is 0 Å². The van der Waals surface area contributed by atoms with Gasteiger partial charge in [0.25, 0.3) is 0 Å². The van der Waals surface area contributed by atoms with Crippen molar-refractivity contribution in [3.8, 4) is 0 Å². The number of carbonyl (C=O) groups is 1. The van der Waals surface area contributed by atoms with E-state index in [4.69, 9.17) is 10.8 Å². The average Bonchev–Trinajstić information content (AvgIpc) is 2.25. The van der Waals surface area contributed by atoms with Crippen LogP contribution in [-0.4, -0.2) is 17.6 Å². The quantitative estimate of drug-likeness (QED) is 0.701. The van der Waals surface area contributed by atoms with E-state index in [0.29, 0.717) is 13.0 Å². The van der Waals surface area contributed by atoms with Gasteiger partial charge in [0.2, 0.25) is 0 Å². The molecule has 82 valence electrons. The molecule has 1 atom stereocenters. The fraction of sp³-hybridized carbons (Fsp3) is 0.417. The van der Waals surface area contributed by atoms with E-state index in [0.717, 1.165) is 18.4 Å². The summed E-state index contributed by atoms with van der Waals surface area (Å²) in [6.07, 6.45) is 2.41. The molecule has 1 aromatic carbocycles. The van der Waals surface area contributed by atoms with Crippen molar-refractivity contribution in [3.05, 3.63) is 35.9 Å². The van der Waals surface area contributed by atoms with Crippen LogP contribution >= 0.6 is 0 Å². The molecule has 0 heterocycles. The van der Waals surface area contributed by atoms with Gasteiger partial charge in [-0.25, -0.2) is 0 Å². The first kappa shape index (κ1) is 11.7. The minimum absolute atomic E-state index is 0.391. The first-order valence-electron chi connectivity index (χ1n) is 5.23. The molecule has 0 bridgehead atoms. The third-order valence-corrected chi connectivity index (χ3v) is 2.45. The summed E-state index contributed by atoms with van der Waals surface area (Å²) in [6.45, 7) is 0.626. The van der Waals surface area contributed by atoms with Crippen LogP contribution in [0, 0.1) is 0 Å². The summed E-state index contributed by atoms with van der Waals surface area (Å²) in [4.78, 5) is 11.1. The minimum atomic E-state index is -0.752. The Balaban J connectivity index is 2.62. The summed E-state index contributed by atoms with van der Waals surface area (Å²) in [5.74, 6) is -1.14. The number of carboxylic acids is 1. The van der Waals surface area contributed by atoms with E-state index in [-0.39, 0.29) is 0 Å². The summed E-state index contributed by atoms with van der Waals surface area (Å²) in [5, 5.41) is 9.09. The van der Waals surface area contributed by atoms with Crippen molar-refractivity contribution in [1.29, 1.82) is 0 Å². The largest absolute Gasteiger partial charge is 0.481 e. The molecule has 1 aromatic rings. The fourth-order valence-electron chi connectivity index (χ4n) is 1.61. The maximum Gasteiger partial charge on any atom is 0.310 e. The van der Waals surface area contributed by atoms with E-state index >= 15 is 0 Å². The Morgan fingerprint density at radius 3 is 2.47 bits per heavy atom. The number of nitrogens with two attached hydrogens (primary N) is 1. The molecule has 0 aromatic heterocycles. The van der Waals surface area contributed by atoms with Gasteiger partial charge in [-0.2, -0.15) is 0 Å². The Kier molecular flexibility index (Phi) is 4.84. The molecular weight excluding hydrogens is 190 g/mol. The van der Waals surface area contributed by atoms with E-state index in [2.05, 4.69) is 0 Å². The van der Waals surface area contributed by atoms with Gasteiger partial charge in [-0.05, 0) is 24.9 Å². The molecule has 15 heavy (non-hydrogen) atoms. The molecule has 0 saturated heterocycles. The monoisotopic (exact) mass is 207 g/mol. The highest BCUT2D eigenvalue weighted by molar-refractivity contribution is 5.75. The normalized spacial score (nSPS) is 12.3. The van der Waals surface area contributed by atoms with Crippen molar-refractivity contribution >= 4 is 5.97 Å².